The summed E-state index contributed by atoms with van der Waals surface area (Å²) in [5, 5.41) is 0. The van der Waals surface area contributed by atoms with Crippen LogP contribution in [0.3, 0.4) is 0 Å². The van der Waals surface area contributed by atoms with Crippen LogP contribution in [0.25, 0.3) is 0 Å². The van der Waals surface area contributed by atoms with Gasteiger partial charge in [0.2, 0.25) is 0 Å². The first-order valence-corrected chi connectivity index (χ1v) is 7.46. The molecule has 0 amide bonds. The summed E-state index contributed by atoms with van der Waals surface area (Å²) in [6.45, 7) is 3.63. The summed E-state index contributed by atoms with van der Waals surface area (Å²) in [7, 11) is -3.51. The molecule has 1 aliphatic rings. The van der Waals surface area contributed by atoms with E-state index in [0.717, 1.165) is 24.2 Å². The van der Waals surface area contributed by atoms with Gasteiger partial charge >= 0.3 is 4.87 Å². The Hall–Kier alpha value is -0.660. The fourth-order valence-electron chi connectivity index (χ4n) is 1.74. The number of aromatic nitrogens is 1. The number of aromatic amines is 1. The fraction of sp³-hybridized carbons (Fsp3) is 0.667. The molecule has 0 aliphatic heterocycles. The lowest BCUT2D eigenvalue weighted by molar-refractivity contribution is 0.577. The van der Waals surface area contributed by atoms with Crippen molar-refractivity contribution in [1.29, 1.82) is 0 Å². The molecule has 90 valence electrons. The molecule has 1 aliphatic carbocycles. The van der Waals surface area contributed by atoms with E-state index in [-0.39, 0.29) is 15.1 Å². The Morgan fingerprint density at radius 2 is 2.25 bits per heavy atom. The van der Waals surface area contributed by atoms with Crippen LogP contribution in [0.5, 0.6) is 0 Å². The monoisotopic (exact) mass is 262 g/mol. The topological polar surface area (TPSA) is 79.0 Å². The van der Waals surface area contributed by atoms with Gasteiger partial charge in [-0.1, -0.05) is 24.7 Å². The molecule has 2 rings (SSSR count). The van der Waals surface area contributed by atoms with Crippen molar-refractivity contribution < 1.29 is 8.42 Å². The van der Waals surface area contributed by atoms with Crippen LogP contribution < -0.4 is 9.60 Å². The van der Waals surface area contributed by atoms with E-state index in [2.05, 4.69) is 9.71 Å². The van der Waals surface area contributed by atoms with Crippen molar-refractivity contribution in [3.05, 3.63) is 15.4 Å². The molecule has 2 atom stereocenters. The summed E-state index contributed by atoms with van der Waals surface area (Å²) in [5.41, 5.74) is 0.413. The zero-order chi connectivity index (χ0) is 11.9. The van der Waals surface area contributed by atoms with Gasteiger partial charge in [0.05, 0.1) is 0 Å². The third kappa shape index (κ3) is 2.21. The van der Waals surface area contributed by atoms with Crippen LogP contribution >= 0.6 is 11.3 Å². The summed E-state index contributed by atoms with van der Waals surface area (Å²) >= 11 is 0.738. The highest BCUT2D eigenvalue weighted by atomic mass is 32.2. The number of hydrogen-bond donors (Lipinski definition) is 2. The number of aryl methyl sites for hydroxylation is 1. The van der Waals surface area contributed by atoms with Crippen LogP contribution in [-0.2, 0) is 10.0 Å². The second kappa shape index (κ2) is 3.97. The molecule has 1 aromatic heterocycles. The lowest BCUT2D eigenvalue weighted by Gasteiger charge is -2.03. The maximum Gasteiger partial charge on any atom is 0.305 e. The lowest BCUT2D eigenvalue weighted by atomic mass is 10.3. The summed E-state index contributed by atoms with van der Waals surface area (Å²) in [5.74, 6) is 0.450. The van der Waals surface area contributed by atoms with Crippen molar-refractivity contribution in [2.75, 3.05) is 0 Å². The predicted octanol–water partition coefficient (Wildman–Crippen LogP) is 0.822. The van der Waals surface area contributed by atoms with Gasteiger partial charge < -0.3 is 4.98 Å². The Labute approximate surface area is 97.9 Å². The summed E-state index contributed by atoms with van der Waals surface area (Å²) in [6, 6.07) is 0.0478. The first-order valence-electron chi connectivity index (χ1n) is 5.16. The number of hydrogen-bond acceptors (Lipinski definition) is 4. The minimum atomic E-state index is -3.51. The third-order valence-corrected chi connectivity index (χ3v) is 5.87. The van der Waals surface area contributed by atoms with Crippen LogP contribution in [0.4, 0.5) is 0 Å². The van der Waals surface area contributed by atoms with Crippen LogP contribution in [0, 0.1) is 12.8 Å². The van der Waals surface area contributed by atoms with E-state index in [4.69, 9.17) is 0 Å². The van der Waals surface area contributed by atoms with Gasteiger partial charge in [-0.15, -0.1) is 0 Å². The van der Waals surface area contributed by atoms with Crippen LogP contribution in [-0.4, -0.2) is 19.4 Å². The van der Waals surface area contributed by atoms with Crippen LogP contribution in [0.15, 0.2) is 9.00 Å². The molecule has 0 radical (unpaired) electrons. The standard InChI is InChI=1S/C9H14N2O3S2/c1-3-6-4-7(6)11-16(13,14)8-5(2)10-9(12)15-8/h6-7,11H,3-4H2,1-2H3,(H,10,12). The maximum absolute atomic E-state index is 11.9. The minimum Gasteiger partial charge on any atom is -0.315 e. The van der Waals surface area contributed by atoms with Gasteiger partial charge in [0.15, 0.2) is 4.21 Å². The summed E-state index contributed by atoms with van der Waals surface area (Å²) in [6.07, 6.45) is 1.88. The van der Waals surface area contributed by atoms with E-state index in [1.165, 1.54) is 0 Å². The van der Waals surface area contributed by atoms with Gasteiger partial charge in [0.25, 0.3) is 10.0 Å². The lowest BCUT2D eigenvalue weighted by Crippen LogP contribution is -2.26. The van der Waals surface area contributed by atoms with Crippen LogP contribution in [0.1, 0.15) is 25.5 Å². The van der Waals surface area contributed by atoms with E-state index in [9.17, 15) is 13.2 Å². The quantitative estimate of drug-likeness (QED) is 0.843. The highest BCUT2D eigenvalue weighted by molar-refractivity contribution is 7.91. The van der Waals surface area contributed by atoms with Gasteiger partial charge in [-0.25, -0.2) is 13.1 Å². The summed E-state index contributed by atoms with van der Waals surface area (Å²) < 4.78 is 26.6. The van der Waals surface area contributed by atoms with Gasteiger partial charge in [-0.05, 0) is 19.3 Å². The number of rotatable bonds is 4. The molecule has 1 heterocycles. The Kier molecular flexibility index (Phi) is 2.93. The van der Waals surface area contributed by atoms with Crippen molar-refractivity contribution in [3.8, 4) is 0 Å². The molecule has 5 nitrogen and oxygen atoms in total. The number of thiazole rings is 1. The average Bonchev–Trinajstić information content (AvgIpc) is 2.82. The number of sulfonamides is 1. The molecule has 2 unspecified atom stereocenters. The second-order valence-electron chi connectivity index (χ2n) is 4.06. The predicted molar refractivity (Wildman–Crippen MR) is 62.2 cm³/mol. The van der Waals surface area contributed by atoms with Crippen molar-refractivity contribution in [2.24, 2.45) is 5.92 Å². The second-order valence-corrected chi connectivity index (χ2v) is 6.95. The van der Waals surface area contributed by atoms with Gasteiger partial charge in [0, 0.05) is 11.7 Å². The molecule has 2 N–H and O–H groups in total. The Bertz CT molecular complexity index is 543. The Balaban J connectivity index is 2.20. The van der Waals surface area contributed by atoms with Crippen molar-refractivity contribution in [3.63, 3.8) is 0 Å². The highest BCUT2D eigenvalue weighted by Crippen LogP contribution is 2.34. The molecule has 0 aromatic carbocycles. The number of H-pyrrole nitrogens is 1. The Morgan fingerprint density at radius 1 is 1.56 bits per heavy atom. The molecule has 0 bridgehead atoms. The molecule has 7 heteroatoms. The van der Waals surface area contributed by atoms with Gasteiger partial charge in [-0.2, -0.15) is 0 Å². The van der Waals surface area contributed by atoms with Gasteiger partial charge in [-0.3, -0.25) is 4.79 Å². The Morgan fingerprint density at radius 3 is 2.69 bits per heavy atom. The molecule has 1 saturated carbocycles. The molecule has 1 fully saturated rings. The maximum atomic E-state index is 11.9. The van der Waals surface area contributed by atoms with Crippen molar-refractivity contribution in [2.45, 2.75) is 36.9 Å². The largest absolute Gasteiger partial charge is 0.315 e. The minimum absolute atomic E-state index is 0.0478. The molecule has 16 heavy (non-hydrogen) atoms. The highest BCUT2D eigenvalue weighted by Gasteiger charge is 2.39. The van der Waals surface area contributed by atoms with E-state index < -0.39 is 10.0 Å². The van der Waals surface area contributed by atoms with Crippen molar-refractivity contribution in [1.82, 2.24) is 9.71 Å². The molecular weight excluding hydrogens is 248 g/mol. The van der Waals surface area contributed by atoms with Gasteiger partial charge in [0.1, 0.15) is 0 Å². The third-order valence-electron chi connectivity index (χ3n) is 2.78. The molecule has 0 saturated heterocycles. The van der Waals surface area contributed by atoms with E-state index >= 15 is 0 Å². The SMILES string of the molecule is CCC1CC1NS(=O)(=O)c1sc(=O)[nH]c1C. The summed E-state index contributed by atoms with van der Waals surface area (Å²) in [4.78, 5) is 13.2. The smallest absolute Gasteiger partial charge is 0.305 e. The van der Waals surface area contributed by atoms with Crippen LogP contribution in [0.2, 0.25) is 0 Å². The first kappa shape index (κ1) is 11.8. The van der Waals surface area contributed by atoms with E-state index in [0.29, 0.717) is 11.6 Å². The average molecular weight is 262 g/mol. The van der Waals surface area contributed by atoms with E-state index in [1.807, 2.05) is 6.92 Å². The van der Waals surface area contributed by atoms with Crippen molar-refractivity contribution >= 4 is 21.4 Å². The zero-order valence-corrected chi connectivity index (χ0v) is 10.7. The zero-order valence-electron chi connectivity index (χ0n) is 9.11. The fourth-order valence-corrected chi connectivity index (χ4v) is 4.38. The molecule has 1 aromatic rings. The normalized spacial score (nSPS) is 24.6. The molecular formula is C9H14N2O3S2. The first-order chi connectivity index (χ1) is 7.44. The molecule has 0 spiro atoms. The van der Waals surface area contributed by atoms with E-state index in [1.54, 1.807) is 6.92 Å². The number of nitrogens with one attached hydrogen (secondary N) is 2.